The molecule has 1 aliphatic heterocycles. The third kappa shape index (κ3) is 3.65. The minimum Gasteiger partial charge on any atom is -0.493 e. The molecular weight excluding hydrogens is 372 g/mol. The van der Waals surface area contributed by atoms with Crippen molar-refractivity contribution in [3.05, 3.63) is 54.0 Å². The van der Waals surface area contributed by atoms with E-state index >= 15 is 0 Å². The lowest BCUT2D eigenvalue weighted by molar-refractivity contribution is -0.129. The molecule has 0 bridgehead atoms. The number of ether oxygens (including phenoxy) is 2. The van der Waals surface area contributed by atoms with Crippen LogP contribution in [0.1, 0.15) is 36.7 Å². The van der Waals surface area contributed by atoms with Gasteiger partial charge < -0.3 is 18.9 Å². The van der Waals surface area contributed by atoms with Crippen LogP contribution in [0.2, 0.25) is 0 Å². The van der Waals surface area contributed by atoms with Crippen molar-refractivity contribution >= 4 is 5.91 Å². The Morgan fingerprint density at radius 3 is 2.72 bits per heavy atom. The quantitative estimate of drug-likeness (QED) is 0.634. The second-order valence-corrected chi connectivity index (χ2v) is 6.91. The summed E-state index contributed by atoms with van der Waals surface area (Å²) in [5, 5.41) is 4.08. The fourth-order valence-corrected chi connectivity index (χ4v) is 3.57. The number of likely N-dealkylation sites (tertiary alicyclic amines) is 1. The van der Waals surface area contributed by atoms with Crippen LogP contribution in [-0.2, 0) is 4.79 Å². The molecule has 2 unspecified atom stereocenters. The lowest BCUT2D eigenvalue weighted by atomic mass is 10.1. The number of carbonyl (C=O) groups excluding carboxylic acids is 1. The van der Waals surface area contributed by atoms with Gasteiger partial charge in [0.2, 0.25) is 5.91 Å². The lowest BCUT2D eigenvalue weighted by Gasteiger charge is -2.25. The van der Waals surface area contributed by atoms with Crippen molar-refractivity contribution in [3.8, 4) is 23.1 Å². The van der Waals surface area contributed by atoms with Gasteiger partial charge in [0.25, 0.3) is 5.89 Å². The molecule has 150 valence electrons. The van der Waals surface area contributed by atoms with Crippen molar-refractivity contribution in [3.63, 3.8) is 0 Å². The van der Waals surface area contributed by atoms with E-state index in [-0.39, 0.29) is 17.9 Å². The van der Waals surface area contributed by atoms with Crippen LogP contribution in [0.15, 0.2) is 47.1 Å². The maximum atomic E-state index is 12.7. The van der Waals surface area contributed by atoms with Crippen LogP contribution in [0.25, 0.3) is 11.6 Å². The Bertz CT molecular complexity index is 1000. The smallest absolute Gasteiger partial charge is 0.276 e. The van der Waals surface area contributed by atoms with Gasteiger partial charge in [-0.1, -0.05) is 17.3 Å². The molecule has 8 nitrogen and oxygen atoms in total. The van der Waals surface area contributed by atoms with Gasteiger partial charge in [-0.3, -0.25) is 9.78 Å². The first-order chi connectivity index (χ1) is 14.1. The van der Waals surface area contributed by atoms with Gasteiger partial charge >= 0.3 is 0 Å². The highest BCUT2D eigenvalue weighted by atomic mass is 16.5. The highest BCUT2D eigenvalue weighted by Crippen LogP contribution is 2.36. The van der Waals surface area contributed by atoms with E-state index in [4.69, 9.17) is 14.0 Å². The first-order valence-corrected chi connectivity index (χ1v) is 9.37. The van der Waals surface area contributed by atoms with Gasteiger partial charge in [0.1, 0.15) is 5.69 Å². The Kier molecular flexibility index (Phi) is 5.16. The third-order valence-corrected chi connectivity index (χ3v) is 5.21. The van der Waals surface area contributed by atoms with Gasteiger partial charge in [0.15, 0.2) is 17.3 Å². The molecule has 8 heteroatoms. The Labute approximate surface area is 168 Å². The van der Waals surface area contributed by atoms with Crippen LogP contribution in [0.3, 0.4) is 0 Å². The lowest BCUT2D eigenvalue weighted by Crippen LogP contribution is -2.28. The van der Waals surface area contributed by atoms with Crippen LogP contribution in [-0.4, -0.2) is 46.7 Å². The molecule has 1 aromatic carbocycles. The van der Waals surface area contributed by atoms with Crippen LogP contribution < -0.4 is 9.47 Å². The van der Waals surface area contributed by atoms with Gasteiger partial charge in [-0.05, 0) is 36.8 Å². The Hall–Kier alpha value is -3.42. The van der Waals surface area contributed by atoms with E-state index in [2.05, 4.69) is 15.1 Å². The van der Waals surface area contributed by atoms with Crippen LogP contribution in [0.5, 0.6) is 11.5 Å². The van der Waals surface area contributed by atoms with Crippen molar-refractivity contribution in [2.75, 3.05) is 20.8 Å². The molecule has 2 atom stereocenters. The molecule has 3 heterocycles. The summed E-state index contributed by atoms with van der Waals surface area (Å²) in [6.45, 7) is 2.52. The summed E-state index contributed by atoms with van der Waals surface area (Å²) in [6, 6.07) is 11.1. The first kappa shape index (κ1) is 18.9. The van der Waals surface area contributed by atoms with E-state index in [0.29, 0.717) is 41.9 Å². The Morgan fingerprint density at radius 2 is 2.00 bits per heavy atom. The van der Waals surface area contributed by atoms with Crippen LogP contribution >= 0.6 is 0 Å². The molecule has 1 fully saturated rings. The number of aromatic nitrogens is 3. The zero-order valence-electron chi connectivity index (χ0n) is 16.5. The number of amides is 1. The van der Waals surface area contributed by atoms with Crippen molar-refractivity contribution in [2.45, 2.75) is 25.3 Å². The zero-order valence-corrected chi connectivity index (χ0v) is 16.5. The van der Waals surface area contributed by atoms with Crippen LogP contribution in [0.4, 0.5) is 0 Å². The molecule has 0 N–H and O–H groups in total. The molecule has 0 radical (unpaired) electrons. The normalized spacial score (nSPS) is 17.4. The monoisotopic (exact) mass is 394 g/mol. The van der Waals surface area contributed by atoms with Crippen molar-refractivity contribution in [1.29, 1.82) is 0 Å². The third-order valence-electron chi connectivity index (χ3n) is 5.21. The number of hydrogen-bond donors (Lipinski definition) is 0. The number of benzene rings is 1. The molecule has 3 aromatic rings. The molecule has 1 saturated heterocycles. The fourth-order valence-electron chi connectivity index (χ4n) is 3.57. The van der Waals surface area contributed by atoms with Gasteiger partial charge in [0.05, 0.1) is 20.3 Å². The molecule has 0 saturated carbocycles. The molecule has 0 spiro atoms. The Morgan fingerprint density at radius 1 is 1.17 bits per heavy atom. The number of hydrogen-bond acceptors (Lipinski definition) is 7. The molecule has 4 rings (SSSR count). The van der Waals surface area contributed by atoms with Crippen molar-refractivity contribution in [1.82, 2.24) is 20.0 Å². The number of carbonyl (C=O) groups is 1. The number of rotatable bonds is 6. The molecular formula is C21H22N4O4. The van der Waals surface area contributed by atoms with Gasteiger partial charge in [-0.25, -0.2) is 0 Å². The van der Waals surface area contributed by atoms with E-state index in [9.17, 15) is 4.79 Å². The summed E-state index contributed by atoms with van der Waals surface area (Å²) < 4.78 is 16.0. The van der Waals surface area contributed by atoms with E-state index in [0.717, 1.165) is 5.56 Å². The second kappa shape index (κ2) is 7.90. The van der Waals surface area contributed by atoms with Crippen LogP contribution in [0, 0.1) is 0 Å². The van der Waals surface area contributed by atoms with Gasteiger partial charge in [-0.15, -0.1) is 0 Å². The maximum absolute atomic E-state index is 12.7. The highest BCUT2D eigenvalue weighted by molar-refractivity contribution is 5.80. The summed E-state index contributed by atoms with van der Waals surface area (Å²) in [5.74, 6) is 2.12. The molecule has 2 aromatic heterocycles. The van der Waals surface area contributed by atoms with E-state index in [1.807, 2.05) is 48.2 Å². The number of methoxy groups -OCH3 is 2. The van der Waals surface area contributed by atoms with Gasteiger partial charge in [0, 0.05) is 25.1 Å². The zero-order chi connectivity index (χ0) is 20.4. The standard InChI is InChI=1S/C21H22N4O4/c1-13(14-7-8-17(27-2)18(10-14)28-3)25-12-15(11-19(25)26)20-23-21(29-24-20)16-6-4-5-9-22-16/h4-10,13,15H,11-12H2,1-3H3. The van der Waals surface area contributed by atoms with E-state index < -0.39 is 0 Å². The minimum absolute atomic E-state index is 0.0569. The molecule has 0 aliphatic carbocycles. The molecule has 29 heavy (non-hydrogen) atoms. The van der Waals surface area contributed by atoms with Crippen molar-refractivity contribution in [2.24, 2.45) is 0 Å². The van der Waals surface area contributed by atoms with Crippen molar-refractivity contribution < 1.29 is 18.8 Å². The van der Waals surface area contributed by atoms with Gasteiger partial charge in [-0.2, -0.15) is 4.98 Å². The topological polar surface area (TPSA) is 90.6 Å². The van der Waals surface area contributed by atoms with E-state index in [1.165, 1.54) is 0 Å². The predicted molar refractivity (Wildman–Crippen MR) is 105 cm³/mol. The van der Waals surface area contributed by atoms with E-state index in [1.54, 1.807) is 20.4 Å². The summed E-state index contributed by atoms with van der Waals surface area (Å²) >= 11 is 0. The minimum atomic E-state index is -0.119. The summed E-state index contributed by atoms with van der Waals surface area (Å²) in [6.07, 6.45) is 2.02. The molecule has 1 amide bonds. The Balaban J connectivity index is 1.52. The fraction of sp³-hybridized carbons (Fsp3) is 0.333. The maximum Gasteiger partial charge on any atom is 0.276 e. The average Bonchev–Trinajstić information content (AvgIpc) is 3.40. The largest absolute Gasteiger partial charge is 0.493 e. The highest BCUT2D eigenvalue weighted by Gasteiger charge is 2.36. The first-order valence-electron chi connectivity index (χ1n) is 9.37. The average molecular weight is 394 g/mol. The summed E-state index contributed by atoms with van der Waals surface area (Å²) in [7, 11) is 3.19. The summed E-state index contributed by atoms with van der Waals surface area (Å²) in [5.41, 5.74) is 1.59. The predicted octanol–water partition coefficient (Wildman–Crippen LogP) is 3.23. The molecule has 1 aliphatic rings. The number of nitrogens with zero attached hydrogens (tertiary/aromatic N) is 4. The number of pyridine rings is 1. The SMILES string of the molecule is COc1ccc(C(C)N2CC(c3noc(-c4ccccn4)n3)CC2=O)cc1OC. The summed E-state index contributed by atoms with van der Waals surface area (Å²) in [4.78, 5) is 23.2. The second-order valence-electron chi connectivity index (χ2n) is 6.91.